The van der Waals surface area contributed by atoms with Crippen LogP contribution in [0.5, 0.6) is 0 Å². The fourth-order valence-electron chi connectivity index (χ4n) is 9.03. The van der Waals surface area contributed by atoms with E-state index in [4.69, 9.17) is 0 Å². The third-order valence-corrected chi connectivity index (χ3v) is 11.3. The lowest BCUT2D eigenvalue weighted by Crippen LogP contribution is -2.48. The van der Waals surface area contributed by atoms with Crippen molar-refractivity contribution in [3.63, 3.8) is 0 Å². The summed E-state index contributed by atoms with van der Waals surface area (Å²) >= 11 is 0. The summed E-state index contributed by atoms with van der Waals surface area (Å²) in [7, 11) is 0. The lowest BCUT2D eigenvalue weighted by Gasteiger charge is -2.58. The van der Waals surface area contributed by atoms with Crippen molar-refractivity contribution in [3.05, 3.63) is 35.4 Å². The van der Waals surface area contributed by atoms with Crippen LogP contribution in [0.1, 0.15) is 146 Å². The Labute approximate surface area is 199 Å². The summed E-state index contributed by atoms with van der Waals surface area (Å²) in [4.78, 5) is 0. The summed E-state index contributed by atoms with van der Waals surface area (Å²) in [6.45, 7) is 4.72. The molecule has 0 aromatic heterocycles. The Morgan fingerprint density at radius 3 is 1.62 bits per heavy atom. The van der Waals surface area contributed by atoms with Gasteiger partial charge in [0.2, 0.25) is 0 Å². The average molecular weight is 435 g/mol. The molecule has 0 N–H and O–H groups in total. The second kappa shape index (κ2) is 9.84. The maximum absolute atomic E-state index is 2.57. The van der Waals surface area contributed by atoms with Gasteiger partial charge in [-0.15, -0.1) is 0 Å². The van der Waals surface area contributed by atoms with Crippen molar-refractivity contribution in [1.29, 1.82) is 0 Å². The predicted octanol–water partition coefficient (Wildman–Crippen LogP) is 9.96. The van der Waals surface area contributed by atoms with Crippen molar-refractivity contribution < 1.29 is 0 Å². The van der Waals surface area contributed by atoms with Crippen LogP contribution in [0.4, 0.5) is 0 Å². The highest BCUT2D eigenvalue weighted by Crippen LogP contribution is 2.62. The van der Waals surface area contributed by atoms with Crippen molar-refractivity contribution in [1.82, 2.24) is 0 Å². The first-order chi connectivity index (χ1) is 15.7. The van der Waals surface area contributed by atoms with Crippen LogP contribution < -0.4 is 0 Å². The lowest BCUT2D eigenvalue weighted by molar-refractivity contribution is -0.0294. The van der Waals surface area contributed by atoms with Gasteiger partial charge in [-0.1, -0.05) is 76.6 Å². The van der Waals surface area contributed by atoms with Gasteiger partial charge in [-0.3, -0.25) is 0 Å². The third kappa shape index (κ3) is 4.46. The quantitative estimate of drug-likeness (QED) is 0.400. The molecular formula is C32H50. The number of hydrogen-bond acceptors (Lipinski definition) is 0. The molecule has 1 aromatic carbocycles. The SMILES string of the molecule is CCCC1CCC(C23CCC(c4ccc([C@H]5CC[C@H](CCC)CC5)cc4)(CC2)CC3)CC1. The molecule has 5 aliphatic carbocycles. The predicted molar refractivity (Wildman–Crippen MR) is 138 cm³/mol. The van der Waals surface area contributed by atoms with Gasteiger partial charge in [0.05, 0.1) is 0 Å². The number of fused-ring (bicyclic) bond motifs is 3. The smallest absolute Gasteiger partial charge is 0.00463 e. The van der Waals surface area contributed by atoms with Crippen molar-refractivity contribution in [2.45, 2.75) is 141 Å². The zero-order valence-electron chi connectivity index (χ0n) is 21.3. The molecule has 0 aliphatic heterocycles. The van der Waals surface area contributed by atoms with Gasteiger partial charge in [-0.05, 0) is 123 Å². The second-order valence-electron chi connectivity index (χ2n) is 12.8. The van der Waals surface area contributed by atoms with Crippen molar-refractivity contribution >= 4 is 0 Å². The maximum atomic E-state index is 2.57. The Morgan fingerprint density at radius 1 is 0.625 bits per heavy atom. The third-order valence-electron chi connectivity index (χ3n) is 11.3. The van der Waals surface area contributed by atoms with E-state index < -0.39 is 0 Å². The summed E-state index contributed by atoms with van der Waals surface area (Å²) in [5, 5.41) is 0. The van der Waals surface area contributed by atoms with Gasteiger partial charge in [0, 0.05) is 0 Å². The minimum Gasteiger partial charge on any atom is -0.0654 e. The molecule has 0 atom stereocenters. The van der Waals surface area contributed by atoms with Crippen LogP contribution in [0.25, 0.3) is 0 Å². The molecule has 0 spiro atoms. The molecule has 0 saturated heterocycles. The second-order valence-corrected chi connectivity index (χ2v) is 12.8. The monoisotopic (exact) mass is 434 g/mol. The Kier molecular flexibility index (Phi) is 7.06. The zero-order chi connectivity index (χ0) is 22.0. The first kappa shape index (κ1) is 23.0. The Morgan fingerprint density at radius 2 is 1.12 bits per heavy atom. The summed E-state index contributed by atoms with van der Waals surface area (Å²) < 4.78 is 0. The number of hydrogen-bond donors (Lipinski definition) is 0. The Hall–Kier alpha value is -0.780. The first-order valence-electron chi connectivity index (χ1n) is 14.8. The van der Waals surface area contributed by atoms with Gasteiger partial charge in [0.1, 0.15) is 0 Å². The standard InChI is InChI=1S/C32H50/c1-3-5-25-7-11-27(12-8-25)28-13-17-30(18-14-28)32-22-19-31(20-23-32,21-24-32)29-15-9-26(6-4-2)10-16-29/h13-14,17-18,25-27,29H,3-12,15-16,19-24H2,1-2H3/t25-,26?,27-,29?,31?,32?. The molecular weight excluding hydrogens is 384 g/mol. The highest BCUT2D eigenvalue weighted by molar-refractivity contribution is 5.33. The van der Waals surface area contributed by atoms with Crippen molar-refractivity contribution in [2.75, 3.05) is 0 Å². The molecule has 0 amide bonds. The Bertz CT molecular complexity index is 686. The van der Waals surface area contributed by atoms with Crippen molar-refractivity contribution in [3.8, 4) is 0 Å². The van der Waals surface area contributed by atoms with E-state index in [1.165, 1.54) is 103 Å². The summed E-state index contributed by atoms with van der Waals surface area (Å²) in [5.74, 6) is 3.96. The van der Waals surface area contributed by atoms with Crippen LogP contribution in [-0.2, 0) is 5.41 Å². The summed E-state index contributed by atoms with van der Waals surface area (Å²) in [5.41, 5.74) is 4.60. The molecule has 0 radical (unpaired) electrons. The van der Waals surface area contributed by atoms with Crippen molar-refractivity contribution in [2.24, 2.45) is 23.2 Å². The van der Waals surface area contributed by atoms with Crippen LogP contribution in [0.15, 0.2) is 24.3 Å². The molecule has 5 saturated carbocycles. The number of rotatable bonds is 7. The maximum Gasteiger partial charge on any atom is -0.00463 e. The van der Waals surface area contributed by atoms with E-state index in [9.17, 15) is 0 Å². The molecule has 5 aliphatic rings. The minimum absolute atomic E-state index is 0.526. The van der Waals surface area contributed by atoms with Gasteiger partial charge >= 0.3 is 0 Å². The molecule has 32 heavy (non-hydrogen) atoms. The van der Waals surface area contributed by atoms with Gasteiger partial charge in [-0.2, -0.15) is 0 Å². The van der Waals surface area contributed by atoms with Gasteiger partial charge in [0.15, 0.2) is 0 Å². The molecule has 178 valence electrons. The molecule has 2 bridgehead atoms. The molecule has 0 nitrogen and oxygen atoms in total. The largest absolute Gasteiger partial charge is 0.0654 e. The van der Waals surface area contributed by atoms with Gasteiger partial charge in [-0.25, -0.2) is 0 Å². The van der Waals surface area contributed by atoms with E-state index in [1.54, 1.807) is 24.0 Å². The minimum atomic E-state index is 0.526. The topological polar surface area (TPSA) is 0 Å². The van der Waals surface area contributed by atoms with Crippen LogP contribution >= 0.6 is 0 Å². The molecule has 0 heteroatoms. The molecule has 6 rings (SSSR count). The molecule has 1 aromatic rings. The fraction of sp³-hybridized carbons (Fsp3) is 0.812. The Balaban J connectivity index is 1.18. The van der Waals surface area contributed by atoms with E-state index in [0.717, 1.165) is 29.1 Å². The molecule has 5 fully saturated rings. The van der Waals surface area contributed by atoms with E-state index in [2.05, 4.69) is 38.1 Å². The summed E-state index contributed by atoms with van der Waals surface area (Å²) in [6.07, 6.45) is 26.7. The van der Waals surface area contributed by atoms with E-state index in [1.807, 2.05) is 0 Å². The number of benzene rings is 1. The van der Waals surface area contributed by atoms with E-state index in [-0.39, 0.29) is 0 Å². The normalized spacial score (nSPS) is 39.8. The van der Waals surface area contributed by atoms with Crippen LogP contribution in [-0.4, -0.2) is 0 Å². The van der Waals surface area contributed by atoms with Crippen LogP contribution in [0.2, 0.25) is 0 Å². The fourth-order valence-corrected chi connectivity index (χ4v) is 9.03. The van der Waals surface area contributed by atoms with Crippen LogP contribution in [0.3, 0.4) is 0 Å². The average Bonchev–Trinajstić information content (AvgIpc) is 2.87. The van der Waals surface area contributed by atoms with Crippen LogP contribution in [0, 0.1) is 23.2 Å². The molecule has 0 heterocycles. The van der Waals surface area contributed by atoms with E-state index >= 15 is 0 Å². The zero-order valence-corrected chi connectivity index (χ0v) is 21.3. The lowest BCUT2D eigenvalue weighted by atomic mass is 9.47. The van der Waals surface area contributed by atoms with Gasteiger partial charge < -0.3 is 0 Å². The van der Waals surface area contributed by atoms with Gasteiger partial charge in [0.25, 0.3) is 0 Å². The molecule has 0 unspecified atom stereocenters. The highest BCUT2D eigenvalue weighted by atomic mass is 14.6. The highest BCUT2D eigenvalue weighted by Gasteiger charge is 2.52. The van der Waals surface area contributed by atoms with E-state index in [0.29, 0.717) is 5.41 Å². The first-order valence-corrected chi connectivity index (χ1v) is 14.8. The summed E-state index contributed by atoms with van der Waals surface area (Å²) in [6, 6.07) is 10.2.